The van der Waals surface area contributed by atoms with Gasteiger partial charge < -0.3 is 10.2 Å². The van der Waals surface area contributed by atoms with Gasteiger partial charge in [0.2, 0.25) is 0 Å². The molecule has 2 nitrogen and oxygen atoms in total. The van der Waals surface area contributed by atoms with Crippen LogP contribution in [0.3, 0.4) is 0 Å². The van der Waals surface area contributed by atoms with E-state index in [0.717, 1.165) is 12.1 Å². The number of hydrogen-bond donors (Lipinski definition) is 2. The maximum absolute atomic E-state index is 12.7. The predicted molar refractivity (Wildman–Crippen MR) is 47.0 cm³/mol. The van der Waals surface area contributed by atoms with E-state index in [4.69, 9.17) is 16.7 Å². The van der Waals surface area contributed by atoms with Gasteiger partial charge in [-0.15, -0.1) is 0 Å². The van der Waals surface area contributed by atoms with Gasteiger partial charge in [-0.05, 0) is 12.1 Å². The second-order valence-electron chi connectivity index (χ2n) is 2.24. The molecular weight excluding hydrogens is 195 g/mol. The van der Waals surface area contributed by atoms with Gasteiger partial charge >= 0.3 is 0 Å². The van der Waals surface area contributed by atoms with E-state index in [1.165, 1.54) is 0 Å². The summed E-state index contributed by atoms with van der Waals surface area (Å²) in [4.78, 5) is 0. The van der Waals surface area contributed by atoms with Crippen LogP contribution in [0.15, 0.2) is 12.1 Å². The molecule has 0 aliphatic heterocycles. The average molecular weight is 201 g/mol. The molecule has 0 saturated heterocycles. The molecule has 0 aliphatic rings. The highest BCUT2D eigenvalue weighted by Gasteiger charge is 2.05. The lowest BCUT2D eigenvalue weighted by Crippen LogP contribution is -1.83. The topological polar surface area (TPSA) is 40.5 Å². The van der Waals surface area contributed by atoms with Gasteiger partial charge in [0.05, 0.1) is 10.6 Å². The number of hydrogen-bond acceptors (Lipinski definition) is 2. The molecule has 68 valence electrons. The molecule has 0 aromatic heterocycles. The molecule has 1 aromatic carbocycles. The van der Waals surface area contributed by atoms with Crippen LogP contribution in [0.1, 0.15) is 5.56 Å². The fraction of sp³-hybridized carbons (Fsp3) is 0.111. The molecule has 0 unspecified atom stereocenters. The monoisotopic (exact) mass is 200 g/mol. The van der Waals surface area contributed by atoms with Gasteiger partial charge in [0, 0.05) is 0 Å². The van der Waals surface area contributed by atoms with Gasteiger partial charge in [0.15, 0.2) is 0 Å². The van der Waals surface area contributed by atoms with E-state index in [-0.39, 0.29) is 22.9 Å². The van der Waals surface area contributed by atoms with Crippen LogP contribution in [0.2, 0.25) is 5.02 Å². The van der Waals surface area contributed by atoms with Crippen molar-refractivity contribution in [1.82, 2.24) is 0 Å². The third-order valence-corrected chi connectivity index (χ3v) is 1.62. The van der Waals surface area contributed by atoms with Crippen LogP contribution in [-0.4, -0.2) is 16.8 Å². The normalized spacial score (nSPS) is 9.15. The number of phenols is 1. The maximum atomic E-state index is 12.7. The van der Waals surface area contributed by atoms with Crippen molar-refractivity contribution in [2.75, 3.05) is 6.61 Å². The third kappa shape index (κ3) is 2.35. The van der Waals surface area contributed by atoms with E-state index in [2.05, 4.69) is 11.8 Å². The van der Waals surface area contributed by atoms with Crippen molar-refractivity contribution in [3.05, 3.63) is 28.5 Å². The second kappa shape index (κ2) is 4.13. The maximum Gasteiger partial charge on any atom is 0.149 e. The van der Waals surface area contributed by atoms with Crippen LogP contribution < -0.4 is 0 Å². The second-order valence-corrected chi connectivity index (χ2v) is 2.65. The highest BCUT2D eigenvalue weighted by Crippen LogP contribution is 2.27. The molecule has 0 aliphatic carbocycles. The van der Waals surface area contributed by atoms with Crippen LogP contribution >= 0.6 is 11.6 Å². The molecule has 1 rings (SSSR count). The minimum atomic E-state index is -0.579. The summed E-state index contributed by atoms with van der Waals surface area (Å²) in [6.07, 6.45) is 0. The Hall–Kier alpha value is -1.24. The molecule has 2 N–H and O–H groups in total. The van der Waals surface area contributed by atoms with Crippen LogP contribution in [-0.2, 0) is 0 Å². The molecule has 0 saturated carbocycles. The van der Waals surface area contributed by atoms with Gasteiger partial charge in [-0.25, -0.2) is 4.39 Å². The van der Waals surface area contributed by atoms with Crippen molar-refractivity contribution < 1.29 is 14.6 Å². The van der Waals surface area contributed by atoms with E-state index in [1.807, 2.05) is 0 Å². The molecule has 13 heavy (non-hydrogen) atoms. The number of aliphatic hydroxyl groups is 1. The third-order valence-electron chi connectivity index (χ3n) is 1.33. The molecule has 0 heterocycles. The molecule has 0 radical (unpaired) electrons. The summed E-state index contributed by atoms with van der Waals surface area (Å²) >= 11 is 5.48. The van der Waals surface area contributed by atoms with Gasteiger partial charge in [0.1, 0.15) is 18.2 Å². The largest absolute Gasteiger partial charge is 0.505 e. The van der Waals surface area contributed by atoms with E-state index >= 15 is 0 Å². The number of benzene rings is 1. The number of rotatable bonds is 0. The Labute approximate surface area is 79.6 Å². The van der Waals surface area contributed by atoms with Crippen LogP contribution in [0.5, 0.6) is 5.75 Å². The zero-order valence-corrected chi connectivity index (χ0v) is 7.27. The van der Waals surface area contributed by atoms with Gasteiger partial charge in [0.25, 0.3) is 0 Å². The van der Waals surface area contributed by atoms with Crippen LogP contribution in [0, 0.1) is 17.7 Å². The summed E-state index contributed by atoms with van der Waals surface area (Å²) in [7, 11) is 0. The van der Waals surface area contributed by atoms with E-state index < -0.39 is 5.82 Å². The lowest BCUT2D eigenvalue weighted by atomic mass is 10.2. The number of aromatic hydroxyl groups is 1. The minimum Gasteiger partial charge on any atom is -0.505 e. The van der Waals surface area contributed by atoms with E-state index in [0.29, 0.717) is 0 Å². The number of aliphatic hydroxyl groups excluding tert-OH is 1. The Morgan fingerprint density at radius 1 is 1.46 bits per heavy atom. The van der Waals surface area contributed by atoms with Crippen LogP contribution in [0.25, 0.3) is 0 Å². The molecule has 0 amide bonds. The van der Waals surface area contributed by atoms with Crippen molar-refractivity contribution in [2.24, 2.45) is 0 Å². The van der Waals surface area contributed by atoms with Crippen molar-refractivity contribution in [3.63, 3.8) is 0 Å². The average Bonchev–Trinajstić information content (AvgIpc) is 2.09. The summed E-state index contributed by atoms with van der Waals surface area (Å²) in [5, 5.41) is 17.5. The lowest BCUT2D eigenvalue weighted by Gasteiger charge is -1.99. The molecule has 4 heteroatoms. The molecule has 0 atom stereocenters. The zero-order valence-electron chi connectivity index (χ0n) is 6.51. The Kier molecular flexibility index (Phi) is 3.13. The standard InChI is InChI=1S/C9H6ClFO2/c10-8-5-7(11)4-6(9(8)13)2-1-3-12/h4-5,12-13H,3H2. The Balaban J connectivity index is 3.20. The van der Waals surface area contributed by atoms with Gasteiger partial charge in [-0.2, -0.15) is 0 Å². The molecular formula is C9H6ClFO2. The summed E-state index contributed by atoms with van der Waals surface area (Å²) in [5.74, 6) is 3.80. The fourth-order valence-electron chi connectivity index (χ4n) is 0.796. The minimum absolute atomic E-state index is 0.0686. The highest BCUT2D eigenvalue weighted by molar-refractivity contribution is 6.32. The highest BCUT2D eigenvalue weighted by atomic mass is 35.5. The molecule has 0 fully saturated rings. The van der Waals surface area contributed by atoms with E-state index in [9.17, 15) is 9.50 Å². The quantitative estimate of drug-likeness (QED) is 0.624. The summed E-state index contributed by atoms with van der Waals surface area (Å²) in [6, 6.07) is 2.03. The van der Waals surface area contributed by atoms with Gasteiger partial charge in [-0.1, -0.05) is 23.4 Å². The summed E-state index contributed by atoms with van der Waals surface area (Å²) in [5.41, 5.74) is 0.0686. The fourth-order valence-corrected chi connectivity index (χ4v) is 1.00. The van der Waals surface area contributed by atoms with Crippen molar-refractivity contribution in [3.8, 4) is 17.6 Å². The number of halogens is 2. The first kappa shape index (κ1) is 9.85. The SMILES string of the molecule is OCC#Cc1cc(F)cc(Cl)c1O. The zero-order chi connectivity index (χ0) is 9.84. The lowest BCUT2D eigenvalue weighted by molar-refractivity contribution is 0.350. The van der Waals surface area contributed by atoms with Gasteiger partial charge in [-0.3, -0.25) is 0 Å². The Morgan fingerprint density at radius 3 is 2.77 bits per heavy atom. The van der Waals surface area contributed by atoms with Crippen molar-refractivity contribution >= 4 is 11.6 Å². The first-order chi connectivity index (χ1) is 6.15. The first-order valence-corrected chi connectivity index (χ1v) is 3.80. The molecule has 0 bridgehead atoms. The van der Waals surface area contributed by atoms with Crippen LogP contribution in [0.4, 0.5) is 4.39 Å². The molecule has 1 aromatic rings. The summed E-state index contributed by atoms with van der Waals surface area (Å²) < 4.78 is 12.7. The van der Waals surface area contributed by atoms with E-state index in [1.54, 1.807) is 0 Å². The van der Waals surface area contributed by atoms with Crippen molar-refractivity contribution in [2.45, 2.75) is 0 Å². The summed E-state index contributed by atoms with van der Waals surface area (Å²) in [6.45, 7) is -0.354. The predicted octanol–water partition coefficient (Wildman–Crippen LogP) is 1.53. The number of phenolic OH excluding ortho intramolecular Hbond substituents is 1. The smallest absolute Gasteiger partial charge is 0.149 e. The first-order valence-electron chi connectivity index (χ1n) is 3.43. The molecule has 0 spiro atoms. The Bertz CT molecular complexity index is 379. The Morgan fingerprint density at radius 2 is 2.15 bits per heavy atom. The van der Waals surface area contributed by atoms with Crippen molar-refractivity contribution in [1.29, 1.82) is 0 Å².